The van der Waals surface area contributed by atoms with Crippen LogP contribution in [-0.4, -0.2) is 74.7 Å². The van der Waals surface area contributed by atoms with Gasteiger partial charge in [-0.05, 0) is 54.8 Å². The molecule has 0 bridgehead atoms. The fourth-order valence-corrected chi connectivity index (χ4v) is 3.85. The number of amides is 1. The zero-order chi connectivity index (χ0) is 24.5. The van der Waals surface area contributed by atoms with Gasteiger partial charge in [0.25, 0.3) is 5.91 Å². The van der Waals surface area contributed by atoms with Crippen molar-refractivity contribution in [3.8, 4) is 17.2 Å². The van der Waals surface area contributed by atoms with Gasteiger partial charge in [-0.3, -0.25) is 14.8 Å². The Morgan fingerprint density at radius 3 is 2.40 bits per heavy atom. The fourth-order valence-electron chi connectivity index (χ4n) is 3.85. The van der Waals surface area contributed by atoms with Crippen LogP contribution in [0.1, 0.15) is 21.6 Å². The number of nitrogens with zero attached hydrogens (tertiary/aromatic N) is 2. The van der Waals surface area contributed by atoms with Crippen LogP contribution in [0.2, 0.25) is 0 Å². The zero-order valence-electron chi connectivity index (χ0n) is 20.2. The summed E-state index contributed by atoms with van der Waals surface area (Å²) in [5.74, 6) is 2.52. The van der Waals surface area contributed by atoms with Crippen molar-refractivity contribution < 1.29 is 23.7 Å². The summed E-state index contributed by atoms with van der Waals surface area (Å²) in [4.78, 5) is 14.9. The molecular formula is C26H32N4O5. The molecule has 2 heterocycles. The van der Waals surface area contributed by atoms with Crippen molar-refractivity contribution in [2.75, 3.05) is 59.0 Å². The molecule has 1 aliphatic rings. The molecule has 4 rings (SSSR count). The summed E-state index contributed by atoms with van der Waals surface area (Å²) >= 11 is 0. The van der Waals surface area contributed by atoms with Crippen molar-refractivity contribution in [1.29, 1.82) is 0 Å². The molecule has 1 aromatic heterocycles. The Morgan fingerprint density at radius 1 is 1.00 bits per heavy atom. The molecule has 1 saturated heterocycles. The van der Waals surface area contributed by atoms with E-state index in [4.69, 9.17) is 18.9 Å². The molecule has 9 nitrogen and oxygen atoms in total. The molecule has 2 aromatic carbocycles. The van der Waals surface area contributed by atoms with Crippen LogP contribution in [0.25, 0.3) is 0 Å². The first-order chi connectivity index (χ1) is 17.1. The summed E-state index contributed by atoms with van der Waals surface area (Å²) in [5, 5.41) is 10.0. The van der Waals surface area contributed by atoms with Crippen molar-refractivity contribution >= 4 is 11.7 Å². The third kappa shape index (κ3) is 7.21. The van der Waals surface area contributed by atoms with Gasteiger partial charge in [0, 0.05) is 43.0 Å². The van der Waals surface area contributed by atoms with Gasteiger partial charge in [0.15, 0.2) is 5.82 Å². The number of methoxy groups -OCH3 is 2. The standard InChI is InChI=1S/C26H32N4O5/c1-32-23-15-19(16-24(18-23)33-2)3-6-21-17-25(29-28-21)27-26(31)20-4-7-22(8-5-20)35-14-11-30-9-12-34-13-10-30/h4-5,7-8,15-18H,3,6,9-14H2,1-2H3,(H2,27,28,29,31). The quantitative estimate of drug-likeness (QED) is 0.435. The second-order valence-electron chi connectivity index (χ2n) is 8.28. The van der Waals surface area contributed by atoms with Crippen molar-refractivity contribution in [3.63, 3.8) is 0 Å². The number of carbonyl (C=O) groups excluding carboxylic acids is 1. The number of hydrogen-bond acceptors (Lipinski definition) is 7. The van der Waals surface area contributed by atoms with E-state index in [1.165, 1.54) is 0 Å². The van der Waals surface area contributed by atoms with E-state index in [1.54, 1.807) is 26.4 Å². The Bertz CT molecular complexity index is 1070. The number of H-pyrrole nitrogens is 1. The van der Waals surface area contributed by atoms with E-state index >= 15 is 0 Å². The van der Waals surface area contributed by atoms with Gasteiger partial charge >= 0.3 is 0 Å². The van der Waals surface area contributed by atoms with Crippen molar-refractivity contribution in [2.45, 2.75) is 12.8 Å². The highest BCUT2D eigenvalue weighted by Crippen LogP contribution is 2.23. The van der Waals surface area contributed by atoms with Crippen LogP contribution < -0.4 is 19.5 Å². The van der Waals surface area contributed by atoms with E-state index < -0.39 is 0 Å². The Kier molecular flexibility index (Phi) is 8.58. The molecule has 3 aromatic rings. The molecule has 0 saturated carbocycles. The van der Waals surface area contributed by atoms with Gasteiger partial charge in [-0.15, -0.1) is 0 Å². The van der Waals surface area contributed by atoms with Crippen LogP contribution >= 0.6 is 0 Å². The molecule has 0 unspecified atom stereocenters. The van der Waals surface area contributed by atoms with E-state index in [0.717, 1.165) is 74.2 Å². The number of aromatic amines is 1. The molecule has 0 spiro atoms. The van der Waals surface area contributed by atoms with Gasteiger partial charge in [-0.25, -0.2) is 0 Å². The lowest BCUT2D eigenvalue weighted by Gasteiger charge is -2.26. The highest BCUT2D eigenvalue weighted by Gasteiger charge is 2.12. The minimum atomic E-state index is -0.222. The average Bonchev–Trinajstić information content (AvgIpc) is 3.35. The van der Waals surface area contributed by atoms with Gasteiger partial charge in [-0.1, -0.05) is 0 Å². The van der Waals surface area contributed by atoms with Crippen LogP contribution in [0.3, 0.4) is 0 Å². The first kappa shape index (κ1) is 24.6. The van der Waals surface area contributed by atoms with Crippen molar-refractivity contribution in [2.24, 2.45) is 0 Å². The highest BCUT2D eigenvalue weighted by atomic mass is 16.5. The summed E-state index contributed by atoms with van der Waals surface area (Å²) in [6.45, 7) is 4.89. The Morgan fingerprint density at radius 2 is 1.71 bits per heavy atom. The monoisotopic (exact) mass is 480 g/mol. The number of hydrogen-bond donors (Lipinski definition) is 2. The summed E-state index contributed by atoms with van der Waals surface area (Å²) in [5.41, 5.74) is 2.55. The zero-order valence-corrected chi connectivity index (χ0v) is 20.2. The van der Waals surface area contributed by atoms with E-state index in [0.29, 0.717) is 18.0 Å². The third-order valence-corrected chi connectivity index (χ3v) is 5.86. The SMILES string of the molecule is COc1cc(CCc2cc(NC(=O)c3ccc(OCCN4CCOCC4)cc3)n[nH]2)cc(OC)c1. The first-order valence-electron chi connectivity index (χ1n) is 11.7. The second kappa shape index (κ2) is 12.2. The Labute approximate surface area is 205 Å². The van der Waals surface area contributed by atoms with Gasteiger partial charge < -0.3 is 24.3 Å². The van der Waals surface area contributed by atoms with Crippen molar-refractivity contribution in [3.05, 3.63) is 65.4 Å². The number of aromatic nitrogens is 2. The first-order valence-corrected chi connectivity index (χ1v) is 11.7. The number of anilines is 1. The molecular weight excluding hydrogens is 448 g/mol. The number of rotatable bonds is 11. The lowest BCUT2D eigenvalue weighted by molar-refractivity contribution is 0.0322. The Hall–Kier alpha value is -3.56. The molecule has 35 heavy (non-hydrogen) atoms. The van der Waals surface area contributed by atoms with Gasteiger partial charge in [-0.2, -0.15) is 5.10 Å². The van der Waals surface area contributed by atoms with E-state index in [2.05, 4.69) is 20.4 Å². The van der Waals surface area contributed by atoms with Crippen LogP contribution in [-0.2, 0) is 17.6 Å². The molecule has 2 N–H and O–H groups in total. The lowest BCUT2D eigenvalue weighted by Crippen LogP contribution is -2.38. The molecule has 0 radical (unpaired) electrons. The maximum Gasteiger partial charge on any atom is 0.256 e. The van der Waals surface area contributed by atoms with Crippen LogP contribution in [0.15, 0.2) is 48.5 Å². The van der Waals surface area contributed by atoms with E-state index in [1.807, 2.05) is 36.4 Å². The maximum absolute atomic E-state index is 12.6. The molecule has 0 aliphatic carbocycles. The smallest absolute Gasteiger partial charge is 0.256 e. The largest absolute Gasteiger partial charge is 0.497 e. The number of aryl methyl sites for hydroxylation is 2. The number of carbonyl (C=O) groups is 1. The molecule has 0 atom stereocenters. The normalized spacial score (nSPS) is 13.9. The average molecular weight is 481 g/mol. The Balaban J connectivity index is 1.24. The number of nitrogens with one attached hydrogen (secondary N) is 2. The number of morpholine rings is 1. The molecule has 1 fully saturated rings. The van der Waals surface area contributed by atoms with Gasteiger partial charge in [0.1, 0.15) is 23.9 Å². The second-order valence-corrected chi connectivity index (χ2v) is 8.28. The summed E-state index contributed by atoms with van der Waals surface area (Å²) in [6, 6.07) is 14.8. The summed E-state index contributed by atoms with van der Waals surface area (Å²) in [6.07, 6.45) is 1.51. The van der Waals surface area contributed by atoms with Gasteiger partial charge in [0.05, 0.1) is 27.4 Å². The fraction of sp³-hybridized carbons (Fsp3) is 0.385. The number of benzene rings is 2. The predicted molar refractivity (Wildman–Crippen MR) is 133 cm³/mol. The highest BCUT2D eigenvalue weighted by molar-refractivity contribution is 6.03. The molecule has 186 valence electrons. The minimum absolute atomic E-state index is 0.222. The minimum Gasteiger partial charge on any atom is -0.497 e. The molecule has 9 heteroatoms. The molecule has 1 aliphatic heterocycles. The summed E-state index contributed by atoms with van der Waals surface area (Å²) < 4.78 is 21.8. The number of ether oxygens (including phenoxy) is 4. The van der Waals surface area contributed by atoms with Crippen LogP contribution in [0, 0.1) is 0 Å². The maximum atomic E-state index is 12.6. The van der Waals surface area contributed by atoms with Crippen LogP contribution in [0.5, 0.6) is 17.2 Å². The molecule has 1 amide bonds. The van der Waals surface area contributed by atoms with Gasteiger partial charge in [0.2, 0.25) is 0 Å². The van der Waals surface area contributed by atoms with Crippen LogP contribution in [0.4, 0.5) is 5.82 Å². The van der Waals surface area contributed by atoms with Crippen molar-refractivity contribution in [1.82, 2.24) is 15.1 Å². The lowest BCUT2D eigenvalue weighted by atomic mass is 10.1. The van der Waals surface area contributed by atoms with E-state index in [-0.39, 0.29) is 5.91 Å². The summed E-state index contributed by atoms with van der Waals surface area (Å²) in [7, 11) is 3.27. The van der Waals surface area contributed by atoms with E-state index in [9.17, 15) is 4.79 Å². The predicted octanol–water partition coefficient (Wildman–Crippen LogP) is 3.18. The third-order valence-electron chi connectivity index (χ3n) is 5.86. The topological polar surface area (TPSA) is 97.9 Å².